The molecule has 0 spiro atoms. The van der Waals surface area contributed by atoms with Gasteiger partial charge in [0, 0.05) is 12.1 Å². The summed E-state index contributed by atoms with van der Waals surface area (Å²) in [6.07, 6.45) is 2.54. The van der Waals surface area contributed by atoms with Gasteiger partial charge in [-0.2, -0.15) is 4.98 Å². The third kappa shape index (κ3) is 4.36. The molecule has 2 amide bonds. The van der Waals surface area contributed by atoms with Crippen LogP contribution in [0.4, 0.5) is 9.18 Å². The molecule has 2 aromatic carbocycles. The van der Waals surface area contributed by atoms with Crippen LogP contribution >= 0.6 is 0 Å². The predicted octanol–water partition coefficient (Wildman–Crippen LogP) is 4.31. The van der Waals surface area contributed by atoms with Gasteiger partial charge in [0.15, 0.2) is 0 Å². The SMILES string of the molecule is CC(NC(=O)NCc1ccc(C2CC2)cc1)c1nc(-c2cccc(F)c2)no1. The van der Waals surface area contributed by atoms with E-state index in [1.807, 2.05) is 12.1 Å². The molecule has 0 saturated heterocycles. The number of halogens is 1. The van der Waals surface area contributed by atoms with E-state index >= 15 is 0 Å². The highest BCUT2D eigenvalue weighted by Crippen LogP contribution is 2.39. The Morgan fingerprint density at radius 2 is 2.04 bits per heavy atom. The smallest absolute Gasteiger partial charge is 0.315 e. The number of carbonyl (C=O) groups is 1. The largest absolute Gasteiger partial charge is 0.337 e. The van der Waals surface area contributed by atoms with E-state index in [1.54, 1.807) is 19.1 Å². The van der Waals surface area contributed by atoms with Crippen molar-refractivity contribution in [1.82, 2.24) is 20.8 Å². The van der Waals surface area contributed by atoms with Gasteiger partial charge in [-0.05, 0) is 48.9 Å². The molecule has 4 rings (SSSR count). The topological polar surface area (TPSA) is 80.0 Å². The van der Waals surface area contributed by atoms with Gasteiger partial charge in [-0.3, -0.25) is 0 Å². The fourth-order valence-corrected chi connectivity index (χ4v) is 2.97. The minimum absolute atomic E-state index is 0.253. The molecule has 0 radical (unpaired) electrons. The molecule has 1 saturated carbocycles. The first kappa shape index (κ1) is 18.2. The molecule has 6 nitrogen and oxygen atoms in total. The Bertz CT molecular complexity index is 967. The quantitative estimate of drug-likeness (QED) is 0.668. The molecule has 144 valence electrons. The molecule has 1 unspecified atom stereocenters. The molecule has 0 bridgehead atoms. The standard InChI is InChI=1S/C21H21FN4O2/c1-13(20-25-19(26-28-20)17-3-2-4-18(22)11-17)24-21(27)23-12-14-5-7-15(8-6-14)16-9-10-16/h2-8,11,13,16H,9-10,12H2,1H3,(H2,23,24,27). The molecule has 28 heavy (non-hydrogen) atoms. The Kier molecular flexibility index (Phi) is 5.06. The Labute approximate surface area is 162 Å². The van der Waals surface area contributed by atoms with Gasteiger partial charge >= 0.3 is 6.03 Å². The number of rotatable bonds is 6. The second-order valence-corrected chi connectivity index (χ2v) is 7.03. The summed E-state index contributed by atoms with van der Waals surface area (Å²) in [7, 11) is 0. The predicted molar refractivity (Wildman–Crippen MR) is 102 cm³/mol. The van der Waals surface area contributed by atoms with Crippen LogP contribution in [-0.2, 0) is 6.54 Å². The normalized spacial score (nSPS) is 14.5. The number of carbonyl (C=O) groups excluding carboxylic acids is 1. The highest BCUT2D eigenvalue weighted by molar-refractivity contribution is 5.74. The maximum absolute atomic E-state index is 13.3. The first-order valence-corrected chi connectivity index (χ1v) is 9.31. The molecule has 1 heterocycles. The maximum atomic E-state index is 13.3. The van der Waals surface area contributed by atoms with Crippen molar-refractivity contribution in [3.8, 4) is 11.4 Å². The number of hydrogen-bond acceptors (Lipinski definition) is 4. The van der Waals surface area contributed by atoms with Crippen LogP contribution in [0.2, 0.25) is 0 Å². The lowest BCUT2D eigenvalue weighted by Gasteiger charge is -2.11. The molecule has 0 aliphatic heterocycles. The molecular formula is C21H21FN4O2. The summed E-state index contributed by atoms with van der Waals surface area (Å²) in [4.78, 5) is 16.4. The van der Waals surface area contributed by atoms with E-state index in [0.717, 1.165) is 11.5 Å². The second kappa shape index (κ2) is 7.80. The molecule has 1 aliphatic carbocycles. The number of aromatic nitrogens is 2. The molecule has 7 heteroatoms. The number of nitrogens with zero attached hydrogens (tertiary/aromatic N) is 2. The van der Waals surface area contributed by atoms with Crippen LogP contribution in [0.15, 0.2) is 53.1 Å². The van der Waals surface area contributed by atoms with Crippen LogP contribution in [0, 0.1) is 5.82 Å². The minimum atomic E-state index is -0.480. The third-order valence-electron chi connectivity index (χ3n) is 4.72. The summed E-state index contributed by atoms with van der Waals surface area (Å²) in [6.45, 7) is 2.18. The molecule has 1 aliphatic rings. The zero-order chi connectivity index (χ0) is 19.5. The van der Waals surface area contributed by atoms with Crippen LogP contribution in [0.25, 0.3) is 11.4 Å². The van der Waals surface area contributed by atoms with Gasteiger partial charge < -0.3 is 15.2 Å². The van der Waals surface area contributed by atoms with Crippen LogP contribution < -0.4 is 10.6 Å². The summed E-state index contributed by atoms with van der Waals surface area (Å²) >= 11 is 0. The third-order valence-corrected chi connectivity index (χ3v) is 4.72. The summed E-state index contributed by atoms with van der Waals surface area (Å²) in [5.41, 5.74) is 2.92. The summed E-state index contributed by atoms with van der Waals surface area (Å²) < 4.78 is 18.5. The fraction of sp³-hybridized carbons (Fsp3) is 0.286. The highest BCUT2D eigenvalue weighted by atomic mass is 19.1. The summed E-state index contributed by atoms with van der Waals surface area (Å²) in [5, 5.41) is 9.43. The Balaban J connectivity index is 1.30. The van der Waals surface area contributed by atoms with Gasteiger partial charge in [-0.15, -0.1) is 0 Å². The first-order chi connectivity index (χ1) is 13.6. The molecule has 1 atom stereocenters. The number of nitrogens with one attached hydrogen (secondary N) is 2. The van der Waals surface area contributed by atoms with E-state index in [-0.39, 0.29) is 23.6 Å². The van der Waals surface area contributed by atoms with Crippen LogP contribution in [-0.4, -0.2) is 16.2 Å². The zero-order valence-electron chi connectivity index (χ0n) is 15.5. The Hall–Kier alpha value is -3.22. The molecule has 2 N–H and O–H groups in total. The summed E-state index contributed by atoms with van der Waals surface area (Å²) in [6, 6.07) is 13.5. The monoisotopic (exact) mass is 380 g/mol. The first-order valence-electron chi connectivity index (χ1n) is 9.31. The number of benzene rings is 2. The Morgan fingerprint density at radius 3 is 2.75 bits per heavy atom. The van der Waals surface area contributed by atoms with Gasteiger partial charge in [0.2, 0.25) is 11.7 Å². The van der Waals surface area contributed by atoms with Crippen LogP contribution in [0.5, 0.6) is 0 Å². The average Bonchev–Trinajstić information content (AvgIpc) is 3.42. The lowest BCUT2D eigenvalue weighted by atomic mass is 10.1. The Morgan fingerprint density at radius 1 is 1.25 bits per heavy atom. The van der Waals surface area contributed by atoms with Crippen LogP contribution in [0.1, 0.15) is 48.7 Å². The van der Waals surface area contributed by atoms with Gasteiger partial charge in [0.05, 0.1) is 0 Å². The molecule has 1 aromatic heterocycles. The van der Waals surface area contributed by atoms with E-state index in [0.29, 0.717) is 12.1 Å². The van der Waals surface area contributed by atoms with Gasteiger partial charge in [-0.1, -0.05) is 41.6 Å². The van der Waals surface area contributed by atoms with E-state index in [9.17, 15) is 9.18 Å². The minimum Gasteiger partial charge on any atom is -0.337 e. The fourth-order valence-electron chi connectivity index (χ4n) is 2.97. The lowest BCUT2D eigenvalue weighted by molar-refractivity contribution is 0.233. The zero-order valence-corrected chi connectivity index (χ0v) is 15.5. The lowest BCUT2D eigenvalue weighted by Crippen LogP contribution is -2.36. The molecular weight excluding hydrogens is 359 g/mol. The van der Waals surface area contributed by atoms with Gasteiger partial charge in [0.25, 0.3) is 0 Å². The van der Waals surface area contributed by atoms with E-state index in [2.05, 4.69) is 32.9 Å². The van der Waals surface area contributed by atoms with Gasteiger partial charge in [-0.25, -0.2) is 9.18 Å². The average molecular weight is 380 g/mol. The second-order valence-electron chi connectivity index (χ2n) is 7.03. The number of urea groups is 1. The van der Waals surface area contributed by atoms with Crippen molar-refractivity contribution in [2.24, 2.45) is 0 Å². The van der Waals surface area contributed by atoms with Crippen LogP contribution in [0.3, 0.4) is 0 Å². The van der Waals surface area contributed by atoms with Crippen molar-refractivity contribution in [3.05, 3.63) is 71.4 Å². The molecule has 1 fully saturated rings. The van der Waals surface area contributed by atoms with Gasteiger partial charge in [0.1, 0.15) is 11.9 Å². The highest BCUT2D eigenvalue weighted by Gasteiger charge is 2.23. The molecule has 3 aromatic rings. The van der Waals surface area contributed by atoms with E-state index < -0.39 is 6.04 Å². The van der Waals surface area contributed by atoms with Crippen molar-refractivity contribution in [2.75, 3.05) is 0 Å². The van der Waals surface area contributed by atoms with Crippen molar-refractivity contribution in [3.63, 3.8) is 0 Å². The number of amides is 2. The number of hydrogen-bond donors (Lipinski definition) is 2. The van der Waals surface area contributed by atoms with Crippen molar-refractivity contribution >= 4 is 6.03 Å². The summed E-state index contributed by atoms with van der Waals surface area (Å²) in [5.74, 6) is 0.875. The van der Waals surface area contributed by atoms with E-state index in [4.69, 9.17) is 4.52 Å². The van der Waals surface area contributed by atoms with E-state index in [1.165, 1.54) is 30.5 Å². The maximum Gasteiger partial charge on any atom is 0.315 e. The van der Waals surface area contributed by atoms with Crippen molar-refractivity contribution in [1.29, 1.82) is 0 Å². The van der Waals surface area contributed by atoms with Crippen molar-refractivity contribution in [2.45, 2.75) is 38.3 Å². The van der Waals surface area contributed by atoms with Crippen molar-refractivity contribution < 1.29 is 13.7 Å².